The first-order valence-electron chi connectivity index (χ1n) is 9.33. The molecule has 2 unspecified atom stereocenters. The summed E-state index contributed by atoms with van der Waals surface area (Å²) in [5.74, 6) is 0.0910. The molecule has 0 bridgehead atoms. The summed E-state index contributed by atoms with van der Waals surface area (Å²) in [5.41, 5.74) is 21.8. The van der Waals surface area contributed by atoms with Crippen LogP contribution in [0.1, 0.15) is 45.8 Å². The predicted octanol–water partition coefficient (Wildman–Crippen LogP) is 2.20. The Kier molecular flexibility index (Phi) is 5.67. The molecule has 3 aromatic rings. The number of aryl methyl sites for hydroxylation is 1. The van der Waals surface area contributed by atoms with E-state index in [0.717, 1.165) is 29.4 Å². The highest BCUT2D eigenvalue weighted by Gasteiger charge is 2.34. The number of aromatic nitrogens is 2. The van der Waals surface area contributed by atoms with Crippen LogP contribution in [0.5, 0.6) is 5.75 Å². The average Bonchev–Trinajstić information content (AvgIpc) is 3.24. The normalized spacial score (nSPS) is 21.4. The maximum absolute atomic E-state index is 10.9. The summed E-state index contributed by atoms with van der Waals surface area (Å²) < 4.78 is 0. The average molecular weight is 381 g/mol. The lowest BCUT2D eigenvalue weighted by atomic mass is 9.85. The summed E-state index contributed by atoms with van der Waals surface area (Å²) in [4.78, 5) is 17.7. The van der Waals surface area contributed by atoms with Gasteiger partial charge in [0.05, 0.1) is 5.56 Å². The van der Waals surface area contributed by atoms with Crippen molar-refractivity contribution in [3.8, 4) is 5.75 Å². The second kappa shape index (κ2) is 8.00. The fourth-order valence-corrected chi connectivity index (χ4v) is 4.01. The molecule has 7 heteroatoms. The van der Waals surface area contributed by atoms with Gasteiger partial charge in [-0.25, -0.2) is 4.98 Å². The smallest absolute Gasteiger partial charge is 0.250 e. The number of aromatic hydroxyl groups is 1. The van der Waals surface area contributed by atoms with E-state index >= 15 is 0 Å². The van der Waals surface area contributed by atoms with Gasteiger partial charge in [-0.1, -0.05) is 6.07 Å². The van der Waals surface area contributed by atoms with Crippen molar-refractivity contribution in [3.05, 3.63) is 58.9 Å². The van der Waals surface area contributed by atoms with Crippen LogP contribution < -0.4 is 17.2 Å². The monoisotopic (exact) mass is 381 g/mol. The van der Waals surface area contributed by atoms with Crippen LogP contribution in [0, 0.1) is 13.8 Å². The number of carbonyl (C=O) groups is 1. The fourth-order valence-electron chi connectivity index (χ4n) is 4.01. The number of nitrogens with zero attached hydrogens (tertiary/aromatic N) is 1. The molecule has 1 saturated carbocycles. The molecule has 2 heterocycles. The lowest BCUT2D eigenvalue weighted by Crippen LogP contribution is -2.33. The Morgan fingerprint density at radius 3 is 2.50 bits per heavy atom. The van der Waals surface area contributed by atoms with E-state index < -0.39 is 5.91 Å². The number of primary amides is 1. The van der Waals surface area contributed by atoms with E-state index in [1.165, 1.54) is 5.56 Å². The molecule has 0 spiro atoms. The first-order chi connectivity index (χ1) is 13.3. The topological polar surface area (TPSA) is 144 Å². The highest BCUT2D eigenvalue weighted by atomic mass is 16.3. The van der Waals surface area contributed by atoms with Crippen molar-refractivity contribution in [2.75, 3.05) is 0 Å². The summed E-state index contributed by atoms with van der Waals surface area (Å²) in [5, 5.41) is 10.5. The van der Waals surface area contributed by atoms with E-state index in [-0.39, 0.29) is 18.0 Å². The van der Waals surface area contributed by atoms with Crippen LogP contribution >= 0.6 is 0 Å². The zero-order valence-corrected chi connectivity index (χ0v) is 16.1. The van der Waals surface area contributed by atoms with E-state index in [1.807, 2.05) is 13.0 Å². The van der Waals surface area contributed by atoms with Crippen molar-refractivity contribution in [3.63, 3.8) is 0 Å². The molecule has 4 rings (SSSR count). The largest absolute Gasteiger partial charge is 0.508 e. The summed E-state index contributed by atoms with van der Waals surface area (Å²) >= 11 is 0. The van der Waals surface area contributed by atoms with Crippen LogP contribution in [0.2, 0.25) is 0 Å². The molecule has 0 aliphatic heterocycles. The van der Waals surface area contributed by atoms with Gasteiger partial charge in [-0.2, -0.15) is 0 Å². The molecule has 7 nitrogen and oxygen atoms in total. The lowest BCUT2D eigenvalue weighted by molar-refractivity contribution is 0.100. The van der Waals surface area contributed by atoms with Gasteiger partial charge in [0.2, 0.25) is 0 Å². The second-order valence-corrected chi connectivity index (χ2v) is 7.34. The standard InChI is InChI=1S/C13H20N2O.C8H7N3O/c1-7-3-6-11(16)8(2)12(7)13-9(14)4-5-10(13)15;9-7(12)6-4-11-8-5(6)2-1-3-10-8/h3,6,9-10,13,16H,4-5,14-15H2,1-2H3;1-4H,(H2,9,12)(H,10,11). The maximum atomic E-state index is 10.9. The Hall–Kier alpha value is -2.90. The van der Waals surface area contributed by atoms with Gasteiger partial charge in [0, 0.05) is 35.8 Å². The van der Waals surface area contributed by atoms with Gasteiger partial charge < -0.3 is 27.3 Å². The van der Waals surface area contributed by atoms with E-state index in [4.69, 9.17) is 17.2 Å². The van der Waals surface area contributed by atoms with Gasteiger partial charge in [-0.05, 0) is 61.6 Å². The molecule has 28 heavy (non-hydrogen) atoms. The highest BCUT2D eigenvalue weighted by Crippen LogP contribution is 2.38. The van der Waals surface area contributed by atoms with Crippen LogP contribution in [0.4, 0.5) is 0 Å². The molecule has 0 radical (unpaired) electrons. The highest BCUT2D eigenvalue weighted by molar-refractivity contribution is 6.04. The van der Waals surface area contributed by atoms with Crippen LogP contribution in [0.3, 0.4) is 0 Å². The Morgan fingerprint density at radius 1 is 1.18 bits per heavy atom. The summed E-state index contributed by atoms with van der Waals surface area (Å²) in [6, 6.07) is 7.49. The number of fused-ring (bicyclic) bond motifs is 1. The van der Waals surface area contributed by atoms with Crippen LogP contribution in [-0.4, -0.2) is 33.1 Å². The Morgan fingerprint density at radius 2 is 1.86 bits per heavy atom. The minimum atomic E-state index is -0.436. The number of hydrogen-bond donors (Lipinski definition) is 5. The van der Waals surface area contributed by atoms with Crippen LogP contribution in [0.25, 0.3) is 11.0 Å². The van der Waals surface area contributed by atoms with E-state index in [2.05, 4.69) is 16.9 Å². The molecular formula is C21H27N5O2. The van der Waals surface area contributed by atoms with Crippen LogP contribution in [0.15, 0.2) is 36.7 Å². The van der Waals surface area contributed by atoms with Crippen molar-refractivity contribution < 1.29 is 9.90 Å². The van der Waals surface area contributed by atoms with Crippen molar-refractivity contribution >= 4 is 16.9 Å². The molecule has 2 atom stereocenters. The predicted molar refractivity (Wildman–Crippen MR) is 110 cm³/mol. The molecular weight excluding hydrogens is 354 g/mol. The van der Waals surface area contributed by atoms with Crippen molar-refractivity contribution in [2.24, 2.45) is 17.2 Å². The number of rotatable bonds is 2. The molecule has 1 aromatic carbocycles. The summed E-state index contributed by atoms with van der Waals surface area (Å²) in [7, 11) is 0. The van der Waals surface area contributed by atoms with Gasteiger partial charge in [-0.15, -0.1) is 0 Å². The summed E-state index contributed by atoms with van der Waals surface area (Å²) in [6.07, 6.45) is 5.17. The van der Waals surface area contributed by atoms with Gasteiger partial charge in [-0.3, -0.25) is 4.79 Å². The molecule has 148 valence electrons. The van der Waals surface area contributed by atoms with E-state index in [9.17, 15) is 9.90 Å². The summed E-state index contributed by atoms with van der Waals surface area (Å²) in [6.45, 7) is 4.00. The molecule has 0 saturated heterocycles. The first kappa shape index (κ1) is 19.9. The van der Waals surface area contributed by atoms with E-state index in [1.54, 1.807) is 30.6 Å². The third-order valence-electron chi connectivity index (χ3n) is 5.51. The Labute approximate surface area is 163 Å². The molecule has 1 aliphatic carbocycles. The lowest BCUT2D eigenvalue weighted by Gasteiger charge is -2.24. The number of carbonyl (C=O) groups excluding carboxylic acids is 1. The van der Waals surface area contributed by atoms with Crippen molar-refractivity contribution in [1.82, 2.24) is 9.97 Å². The minimum absolute atomic E-state index is 0.120. The number of phenols is 1. The minimum Gasteiger partial charge on any atom is -0.508 e. The van der Waals surface area contributed by atoms with Crippen molar-refractivity contribution in [2.45, 2.75) is 44.7 Å². The molecule has 1 amide bonds. The van der Waals surface area contributed by atoms with Gasteiger partial charge in [0.15, 0.2) is 0 Å². The Balaban J connectivity index is 0.000000167. The number of phenolic OH excluding ortho intramolecular Hbond substituents is 1. The number of nitrogens with one attached hydrogen (secondary N) is 1. The van der Waals surface area contributed by atoms with Gasteiger partial charge >= 0.3 is 0 Å². The zero-order chi connectivity index (χ0) is 20.4. The second-order valence-electron chi connectivity index (χ2n) is 7.34. The fraction of sp³-hybridized carbons (Fsp3) is 0.333. The molecule has 2 aromatic heterocycles. The number of aromatic amines is 1. The van der Waals surface area contributed by atoms with Gasteiger partial charge in [0.25, 0.3) is 5.91 Å². The number of benzene rings is 1. The number of amides is 1. The SMILES string of the molecule is Cc1ccc(O)c(C)c1C1C(N)CCC1N.NC(=O)c1c[nH]c2ncccc12. The number of hydrogen-bond acceptors (Lipinski definition) is 5. The zero-order valence-electron chi connectivity index (χ0n) is 16.1. The third kappa shape index (κ3) is 3.72. The number of H-pyrrole nitrogens is 1. The van der Waals surface area contributed by atoms with E-state index in [0.29, 0.717) is 17.0 Å². The number of pyridine rings is 1. The molecule has 1 fully saturated rings. The quantitative estimate of drug-likeness (QED) is 0.462. The first-order valence-corrected chi connectivity index (χ1v) is 9.33. The maximum Gasteiger partial charge on any atom is 0.250 e. The third-order valence-corrected chi connectivity index (χ3v) is 5.51. The van der Waals surface area contributed by atoms with Crippen LogP contribution in [-0.2, 0) is 0 Å². The van der Waals surface area contributed by atoms with Crippen molar-refractivity contribution in [1.29, 1.82) is 0 Å². The Bertz CT molecular complexity index is 988. The number of nitrogens with two attached hydrogens (primary N) is 3. The molecule has 1 aliphatic rings. The molecule has 8 N–H and O–H groups in total. The van der Waals surface area contributed by atoms with Gasteiger partial charge in [0.1, 0.15) is 11.4 Å².